The summed E-state index contributed by atoms with van der Waals surface area (Å²) in [6, 6.07) is 0. The third-order valence-corrected chi connectivity index (χ3v) is 2.22. The molecule has 1 aliphatic carbocycles. The van der Waals surface area contributed by atoms with E-state index in [4.69, 9.17) is 4.74 Å². The Balaban J connectivity index is 2.40. The first-order chi connectivity index (χ1) is 6.37. The largest absolute Gasteiger partial charge is 0.351 e. The van der Waals surface area contributed by atoms with E-state index in [0.717, 1.165) is 6.42 Å². The molecule has 1 heterocycles. The standard InChI is InChI=1S/C10H12N2O/c1-13-10(5-3-2-4-6-10)12-8-7-11-9-12/h3-9H,2H2,1H3. The van der Waals surface area contributed by atoms with Crippen molar-refractivity contribution in [2.75, 3.05) is 7.11 Å². The second-order valence-corrected chi connectivity index (χ2v) is 2.97. The maximum atomic E-state index is 5.47. The lowest BCUT2D eigenvalue weighted by Gasteiger charge is -2.28. The number of rotatable bonds is 2. The molecule has 1 aromatic rings. The molecule has 0 aliphatic heterocycles. The van der Waals surface area contributed by atoms with E-state index in [1.165, 1.54) is 0 Å². The Kier molecular flexibility index (Phi) is 2.02. The van der Waals surface area contributed by atoms with E-state index < -0.39 is 5.72 Å². The van der Waals surface area contributed by atoms with Crippen molar-refractivity contribution in [2.24, 2.45) is 0 Å². The number of methoxy groups -OCH3 is 1. The van der Waals surface area contributed by atoms with Gasteiger partial charge in [-0.3, -0.25) is 0 Å². The van der Waals surface area contributed by atoms with Crippen molar-refractivity contribution in [3.8, 4) is 0 Å². The van der Waals surface area contributed by atoms with Crippen molar-refractivity contribution in [2.45, 2.75) is 12.1 Å². The Hall–Kier alpha value is -1.35. The number of ether oxygens (including phenoxy) is 1. The molecule has 0 saturated heterocycles. The second-order valence-electron chi connectivity index (χ2n) is 2.97. The van der Waals surface area contributed by atoms with Crippen molar-refractivity contribution >= 4 is 0 Å². The van der Waals surface area contributed by atoms with Gasteiger partial charge < -0.3 is 9.30 Å². The molecular formula is C10H12N2O. The molecule has 0 N–H and O–H groups in total. The molecule has 1 aromatic heterocycles. The van der Waals surface area contributed by atoms with Gasteiger partial charge in [-0.1, -0.05) is 12.2 Å². The van der Waals surface area contributed by atoms with E-state index in [2.05, 4.69) is 17.1 Å². The lowest BCUT2D eigenvalue weighted by atomic mass is 10.1. The summed E-state index contributed by atoms with van der Waals surface area (Å²) in [6.07, 6.45) is 14.6. The van der Waals surface area contributed by atoms with E-state index >= 15 is 0 Å². The molecule has 0 bridgehead atoms. The molecule has 0 atom stereocenters. The lowest BCUT2D eigenvalue weighted by Crippen LogP contribution is -2.31. The van der Waals surface area contributed by atoms with Gasteiger partial charge in [-0.15, -0.1) is 0 Å². The highest BCUT2D eigenvalue weighted by molar-refractivity contribution is 5.17. The van der Waals surface area contributed by atoms with Gasteiger partial charge >= 0.3 is 0 Å². The van der Waals surface area contributed by atoms with E-state index in [-0.39, 0.29) is 0 Å². The number of imidazole rings is 1. The first-order valence-electron chi connectivity index (χ1n) is 4.26. The average molecular weight is 176 g/mol. The molecule has 68 valence electrons. The van der Waals surface area contributed by atoms with E-state index in [1.54, 1.807) is 19.6 Å². The molecule has 0 aromatic carbocycles. The first-order valence-corrected chi connectivity index (χ1v) is 4.26. The van der Waals surface area contributed by atoms with Gasteiger partial charge in [0.25, 0.3) is 0 Å². The van der Waals surface area contributed by atoms with Crippen molar-refractivity contribution < 1.29 is 4.74 Å². The van der Waals surface area contributed by atoms with Gasteiger partial charge in [0.05, 0.1) is 6.33 Å². The van der Waals surface area contributed by atoms with Gasteiger partial charge in [-0.05, 0) is 18.6 Å². The molecule has 3 heteroatoms. The van der Waals surface area contributed by atoms with Crippen molar-refractivity contribution in [3.63, 3.8) is 0 Å². The monoisotopic (exact) mass is 176 g/mol. The zero-order valence-electron chi connectivity index (χ0n) is 7.55. The molecule has 0 fully saturated rings. The highest BCUT2D eigenvalue weighted by atomic mass is 16.5. The quantitative estimate of drug-likeness (QED) is 0.641. The SMILES string of the molecule is COC1(n2ccnc2)C=CCC=C1. The first kappa shape index (κ1) is 8.26. The molecule has 0 radical (unpaired) electrons. The van der Waals surface area contributed by atoms with E-state index in [0.29, 0.717) is 0 Å². The summed E-state index contributed by atoms with van der Waals surface area (Å²) in [5, 5.41) is 0. The molecule has 3 nitrogen and oxygen atoms in total. The summed E-state index contributed by atoms with van der Waals surface area (Å²) in [4.78, 5) is 4.01. The van der Waals surface area contributed by atoms with Crippen LogP contribution < -0.4 is 0 Å². The maximum absolute atomic E-state index is 5.47. The third-order valence-electron chi connectivity index (χ3n) is 2.22. The highest BCUT2D eigenvalue weighted by Gasteiger charge is 2.25. The number of aromatic nitrogens is 2. The van der Waals surface area contributed by atoms with Crippen LogP contribution in [0.1, 0.15) is 6.42 Å². The molecular weight excluding hydrogens is 164 g/mol. The second kappa shape index (κ2) is 3.18. The predicted molar refractivity (Wildman–Crippen MR) is 50.1 cm³/mol. The predicted octanol–water partition coefficient (Wildman–Crippen LogP) is 1.70. The Morgan fingerprint density at radius 1 is 1.38 bits per heavy atom. The van der Waals surface area contributed by atoms with Gasteiger partial charge in [-0.2, -0.15) is 0 Å². The van der Waals surface area contributed by atoms with Gasteiger partial charge in [0.2, 0.25) is 0 Å². The minimum Gasteiger partial charge on any atom is -0.351 e. The maximum Gasteiger partial charge on any atom is 0.183 e. The van der Waals surface area contributed by atoms with Gasteiger partial charge in [-0.25, -0.2) is 4.98 Å². The smallest absolute Gasteiger partial charge is 0.183 e. The number of nitrogens with zero attached hydrogens (tertiary/aromatic N) is 2. The van der Waals surface area contributed by atoms with E-state index in [1.807, 2.05) is 22.9 Å². The van der Waals surface area contributed by atoms with Gasteiger partial charge in [0.15, 0.2) is 5.72 Å². The molecule has 0 spiro atoms. The Morgan fingerprint density at radius 2 is 2.15 bits per heavy atom. The van der Waals surface area contributed by atoms with Gasteiger partial charge in [0.1, 0.15) is 0 Å². The Bertz CT molecular complexity index is 313. The zero-order chi connectivity index (χ0) is 9.15. The fourth-order valence-electron chi connectivity index (χ4n) is 1.49. The summed E-state index contributed by atoms with van der Waals surface area (Å²) < 4.78 is 7.40. The topological polar surface area (TPSA) is 27.1 Å². The molecule has 0 amide bonds. The number of allylic oxidation sites excluding steroid dienone is 2. The molecule has 1 aliphatic rings. The molecule has 0 unspecified atom stereocenters. The Labute approximate surface area is 77.4 Å². The van der Waals surface area contributed by atoms with Crippen LogP contribution in [0.3, 0.4) is 0 Å². The van der Waals surface area contributed by atoms with Crippen molar-refractivity contribution in [1.29, 1.82) is 0 Å². The van der Waals surface area contributed by atoms with Crippen LogP contribution in [0.25, 0.3) is 0 Å². The van der Waals surface area contributed by atoms with Crippen LogP contribution in [0.5, 0.6) is 0 Å². The molecule has 0 saturated carbocycles. The van der Waals surface area contributed by atoms with Crippen LogP contribution in [0.2, 0.25) is 0 Å². The summed E-state index contributed by atoms with van der Waals surface area (Å²) >= 11 is 0. The number of hydrogen-bond acceptors (Lipinski definition) is 2. The summed E-state index contributed by atoms with van der Waals surface area (Å²) in [5.41, 5.74) is -0.464. The minimum atomic E-state index is -0.464. The van der Waals surface area contributed by atoms with Crippen molar-refractivity contribution in [1.82, 2.24) is 9.55 Å². The van der Waals surface area contributed by atoms with Crippen molar-refractivity contribution in [3.05, 3.63) is 43.0 Å². The molecule has 2 rings (SSSR count). The van der Waals surface area contributed by atoms with Crippen LogP contribution in [0, 0.1) is 0 Å². The van der Waals surface area contributed by atoms with Crippen LogP contribution >= 0.6 is 0 Å². The van der Waals surface area contributed by atoms with Crippen LogP contribution in [-0.4, -0.2) is 16.7 Å². The summed E-state index contributed by atoms with van der Waals surface area (Å²) in [5.74, 6) is 0. The fraction of sp³-hybridized carbons (Fsp3) is 0.300. The number of hydrogen-bond donors (Lipinski definition) is 0. The zero-order valence-corrected chi connectivity index (χ0v) is 7.55. The van der Waals surface area contributed by atoms with Crippen LogP contribution in [0.4, 0.5) is 0 Å². The fourth-order valence-corrected chi connectivity index (χ4v) is 1.49. The average Bonchev–Trinajstić information content (AvgIpc) is 2.72. The summed E-state index contributed by atoms with van der Waals surface area (Å²) in [6.45, 7) is 0. The van der Waals surface area contributed by atoms with Crippen LogP contribution in [-0.2, 0) is 10.5 Å². The third kappa shape index (κ3) is 1.31. The Morgan fingerprint density at radius 3 is 2.69 bits per heavy atom. The van der Waals surface area contributed by atoms with Gasteiger partial charge in [0, 0.05) is 19.5 Å². The lowest BCUT2D eigenvalue weighted by molar-refractivity contribution is 0.00836. The summed E-state index contributed by atoms with van der Waals surface area (Å²) in [7, 11) is 1.69. The minimum absolute atomic E-state index is 0.464. The van der Waals surface area contributed by atoms with E-state index in [9.17, 15) is 0 Å². The van der Waals surface area contributed by atoms with Crippen LogP contribution in [0.15, 0.2) is 43.0 Å². The molecule has 13 heavy (non-hydrogen) atoms. The normalized spacial score (nSPS) is 19.2. The highest BCUT2D eigenvalue weighted by Crippen LogP contribution is 2.24.